The summed E-state index contributed by atoms with van der Waals surface area (Å²) in [5, 5.41) is 8.94. The minimum absolute atomic E-state index is 0.00403. The van der Waals surface area contributed by atoms with Crippen LogP contribution in [0.15, 0.2) is 0 Å². The lowest BCUT2D eigenvalue weighted by Gasteiger charge is -2.33. The van der Waals surface area contributed by atoms with E-state index in [9.17, 15) is 9.59 Å². The van der Waals surface area contributed by atoms with E-state index in [0.717, 1.165) is 6.42 Å². The number of carbonyl (C=O) groups is 2. The van der Waals surface area contributed by atoms with Crippen LogP contribution in [-0.4, -0.2) is 47.7 Å². The Labute approximate surface area is 113 Å². The van der Waals surface area contributed by atoms with Crippen molar-refractivity contribution in [3.05, 3.63) is 0 Å². The zero-order valence-electron chi connectivity index (χ0n) is 11.5. The second-order valence-corrected chi connectivity index (χ2v) is 5.77. The molecule has 1 saturated heterocycles. The monoisotopic (exact) mass is 269 g/mol. The standard InChI is InChI=1S/C14H23NO4/c1-10(8-11-4-2-3-5-11)13(16)15-6-7-19-12(9-15)14(17)18/h10-12H,2-9H2,1H3,(H,17,18). The molecule has 108 valence electrons. The minimum atomic E-state index is -0.985. The van der Waals surface area contributed by atoms with Crippen LogP contribution in [0.1, 0.15) is 39.0 Å². The number of carboxylic acid groups (broad SMARTS) is 1. The summed E-state index contributed by atoms with van der Waals surface area (Å²) in [7, 11) is 0. The molecule has 0 aromatic rings. The second-order valence-electron chi connectivity index (χ2n) is 5.77. The van der Waals surface area contributed by atoms with E-state index in [-0.39, 0.29) is 18.4 Å². The molecular weight excluding hydrogens is 246 g/mol. The van der Waals surface area contributed by atoms with Crippen LogP contribution in [0.3, 0.4) is 0 Å². The number of hydrogen-bond acceptors (Lipinski definition) is 3. The van der Waals surface area contributed by atoms with Gasteiger partial charge < -0.3 is 14.7 Å². The van der Waals surface area contributed by atoms with Crippen LogP contribution in [0.4, 0.5) is 0 Å². The Morgan fingerprint density at radius 2 is 2.05 bits per heavy atom. The third-order valence-corrected chi connectivity index (χ3v) is 4.24. The summed E-state index contributed by atoms with van der Waals surface area (Å²) in [4.78, 5) is 24.9. The van der Waals surface area contributed by atoms with Crippen LogP contribution in [0.5, 0.6) is 0 Å². The van der Waals surface area contributed by atoms with Crippen LogP contribution in [0.25, 0.3) is 0 Å². The molecule has 0 radical (unpaired) electrons. The predicted octanol–water partition coefficient (Wildman–Crippen LogP) is 1.51. The van der Waals surface area contributed by atoms with Crippen LogP contribution in [0.2, 0.25) is 0 Å². The molecule has 2 atom stereocenters. The lowest BCUT2D eigenvalue weighted by atomic mass is 9.93. The van der Waals surface area contributed by atoms with Crippen molar-refractivity contribution in [2.75, 3.05) is 19.7 Å². The van der Waals surface area contributed by atoms with Gasteiger partial charge in [0, 0.05) is 12.5 Å². The summed E-state index contributed by atoms with van der Waals surface area (Å²) in [5.74, 6) is -0.228. The maximum absolute atomic E-state index is 12.3. The van der Waals surface area contributed by atoms with Crippen molar-refractivity contribution < 1.29 is 19.4 Å². The average Bonchev–Trinajstić information content (AvgIpc) is 2.90. The Morgan fingerprint density at radius 3 is 2.68 bits per heavy atom. The largest absolute Gasteiger partial charge is 0.479 e. The number of morpholine rings is 1. The molecule has 1 amide bonds. The molecule has 0 spiro atoms. The quantitative estimate of drug-likeness (QED) is 0.840. The number of carbonyl (C=O) groups excluding carboxylic acids is 1. The lowest BCUT2D eigenvalue weighted by molar-refractivity contribution is -0.160. The molecular formula is C14H23NO4. The Balaban J connectivity index is 1.85. The molecule has 0 bridgehead atoms. The van der Waals surface area contributed by atoms with Crippen molar-refractivity contribution in [1.82, 2.24) is 4.90 Å². The highest BCUT2D eigenvalue weighted by Gasteiger charge is 2.32. The van der Waals surface area contributed by atoms with Crippen LogP contribution >= 0.6 is 0 Å². The zero-order valence-corrected chi connectivity index (χ0v) is 11.5. The van der Waals surface area contributed by atoms with Gasteiger partial charge in [0.25, 0.3) is 0 Å². The van der Waals surface area contributed by atoms with Gasteiger partial charge in [0.2, 0.25) is 5.91 Å². The van der Waals surface area contributed by atoms with Gasteiger partial charge in [-0.15, -0.1) is 0 Å². The van der Waals surface area contributed by atoms with Gasteiger partial charge in [-0.25, -0.2) is 4.79 Å². The minimum Gasteiger partial charge on any atom is -0.479 e. The van der Waals surface area contributed by atoms with Crippen molar-refractivity contribution in [3.8, 4) is 0 Å². The maximum atomic E-state index is 12.3. The van der Waals surface area contributed by atoms with E-state index in [1.54, 1.807) is 4.90 Å². The van der Waals surface area contributed by atoms with Crippen molar-refractivity contribution >= 4 is 11.9 Å². The number of nitrogens with zero attached hydrogens (tertiary/aromatic N) is 1. The molecule has 5 nitrogen and oxygen atoms in total. The van der Waals surface area contributed by atoms with Crippen LogP contribution in [-0.2, 0) is 14.3 Å². The molecule has 0 aromatic carbocycles. The molecule has 2 fully saturated rings. The molecule has 1 heterocycles. The SMILES string of the molecule is CC(CC1CCCC1)C(=O)N1CCOC(C(=O)O)C1. The molecule has 2 rings (SSSR count). The highest BCUT2D eigenvalue weighted by Crippen LogP contribution is 2.30. The van der Waals surface area contributed by atoms with E-state index < -0.39 is 12.1 Å². The number of amides is 1. The molecule has 1 saturated carbocycles. The average molecular weight is 269 g/mol. The smallest absolute Gasteiger partial charge is 0.334 e. The summed E-state index contributed by atoms with van der Waals surface area (Å²) in [6, 6.07) is 0. The Hall–Kier alpha value is -1.10. The number of carboxylic acids is 1. The van der Waals surface area contributed by atoms with Gasteiger partial charge in [0.05, 0.1) is 13.2 Å². The van der Waals surface area contributed by atoms with E-state index in [1.807, 2.05) is 6.92 Å². The van der Waals surface area contributed by atoms with Crippen molar-refractivity contribution in [3.63, 3.8) is 0 Å². The van der Waals surface area contributed by atoms with Crippen molar-refractivity contribution in [2.45, 2.75) is 45.1 Å². The second kappa shape index (κ2) is 6.37. The first-order valence-corrected chi connectivity index (χ1v) is 7.21. The van der Waals surface area contributed by atoms with Gasteiger partial charge in [-0.2, -0.15) is 0 Å². The zero-order chi connectivity index (χ0) is 13.8. The summed E-state index contributed by atoms with van der Waals surface area (Å²) in [5.41, 5.74) is 0. The Morgan fingerprint density at radius 1 is 1.37 bits per heavy atom. The lowest BCUT2D eigenvalue weighted by Crippen LogP contribution is -2.50. The topological polar surface area (TPSA) is 66.8 Å². The fourth-order valence-corrected chi connectivity index (χ4v) is 3.16. The molecule has 5 heteroatoms. The van der Waals surface area contributed by atoms with Gasteiger partial charge in [0.1, 0.15) is 0 Å². The van der Waals surface area contributed by atoms with Crippen LogP contribution < -0.4 is 0 Å². The molecule has 1 aliphatic heterocycles. The van der Waals surface area contributed by atoms with Crippen molar-refractivity contribution in [2.24, 2.45) is 11.8 Å². The van der Waals surface area contributed by atoms with E-state index in [1.165, 1.54) is 25.7 Å². The summed E-state index contributed by atoms with van der Waals surface area (Å²) >= 11 is 0. The van der Waals surface area contributed by atoms with E-state index in [2.05, 4.69) is 0 Å². The fraction of sp³-hybridized carbons (Fsp3) is 0.857. The van der Waals surface area contributed by atoms with E-state index in [4.69, 9.17) is 9.84 Å². The van der Waals surface area contributed by atoms with Gasteiger partial charge in [-0.1, -0.05) is 32.6 Å². The molecule has 1 aliphatic carbocycles. The molecule has 19 heavy (non-hydrogen) atoms. The number of aliphatic carboxylic acids is 1. The highest BCUT2D eigenvalue weighted by molar-refractivity contribution is 5.80. The van der Waals surface area contributed by atoms with Gasteiger partial charge >= 0.3 is 5.97 Å². The highest BCUT2D eigenvalue weighted by atomic mass is 16.5. The molecule has 0 aromatic heterocycles. The normalized spacial score (nSPS) is 26.4. The summed E-state index contributed by atoms with van der Waals surface area (Å²) < 4.78 is 5.14. The van der Waals surface area contributed by atoms with E-state index >= 15 is 0 Å². The van der Waals surface area contributed by atoms with Crippen molar-refractivity contribution in [1.29, 1.82) is 0 Å². The summed E-state index contributed by atoms with van der Waals surface area (Å²) in [6.07, 6.45) is 5.11. The predicted molar refractivity (Wildman–Crippen MR) is 69.7 cm³/mol. The van der Waals surface area contributed by atoms with Crippen LogP contribution in [0, 0.1) is 11.8 Å². The third-order valence-electron chi connectivity index (χ3n) is 4.24. The number of rotatable bonds is 4. The number of hydrogen-bond donors (Lipinski definition) is 1. The first kappa shape index (κ1) is 14.3. The van der Waals surface area contributed by atoms with Gasteiger partial charge in [0.15, 0.2) is 6.10 Å². The Bertz CT molecular complexity index is 338. The number of ether oxygens (including phenoxy) is 1. The molecule has 1 N–H and O–H groups in total. The maximum Gasteiger partial charge on any atom is 0.334 e. The van der Waals surface area contributed by atoms with Gasteiger partial charge in [-0.05, 0) is 12.3 Å². The third kappa shape index (κ3) is 3.69. The summed E-state index contributed by atoms with van der Waals surface area (Å²) in [6.45, 7) is 2.98. The first-order chi connectivity index (χ1) is 9.08. The first-order valence-electron chi connectivity index (χ1n) is 7.21. The fourth-order valence-electron chi connectivity index (χ4n) is 3.16. The molecule has 2 unspecified atom stereocenters. The molecule has 2 aliphatic rings. The van der Waals surface area contributed by atoms with Gasteiger partial charge in [-0.3, -0.25) is 4.79 Å². The van der Waals surface area contributed by atoms with E-state index in [0.29, 0.717) is 19.1 Å². The Kier molecular flexibility index (Phi) is 4.80.